The van der Waals surface area contributed by atoms with E-state index in [2.05, 4.69) is 25.2 Å². The Bertz CT molecular complexity index is 473. The normalized spacial score (nSPS) is 23.8. The lowest BCUT2D eigenvalue weighted by Gasteiger charge is -2.37. The predicted octanol–water partition coefficient (Wildman–Crippen LogP) is 1.38. The first-order valence-corrected chi connectivity index (χ1v) is 6.79. The van der Waals surface area contributed by atoms with Crippen LogP contribution in [0.3, 0.4) is 0 Å². The minimum atomic E-state index is -0.284. The predicted molar refractivity (Wildman–Crippen MR) is 76.4 cm³/mol. The van der Waals surface area contributed by atoms with Crippen molar-refractivity contribution in [1.82, 2.24) is 5.32 Å². The molecular formula is C15H22N2O2. The number of aliphatic hydroxyl groups excluding tert-OH is 1. The van der Waals surface area contributed by atoms with E-state index in [1.165, 1.54) is 5.56 Å². The number of nitrogens with one attached hydrogen (secondary N) is 1. The highest BCUT2D eigenvalue weighted by atomic mass is 16.3. The van der Waals surface area contributed by atoms with Crippen LogP contribution in [-0.2, 0) is 4.79 Å². The molecule has 1 aliphatic rings. The highest BCUT2D eigenvalue weighted by Gasteiger charge is 2.32. The molecule has 1 aromatic carbocycles. The quantitative estimate of drug-likeness (QED) is 0.865. The zero-order valence-corrected chi connectivity index (χ0v) is 11.8. The van der Waals surface area contributed by atoms with Gasteiger partial charge in [0, 0.05) is 24.9 Å². The van der Waals surface area contributed by atoms with Crippen molar-refractivity contribution in [2.45, 2.75) is 39.3 Å². The van der Waals surface area contributed by atoms with Gasteiger partial charge in [-0.1, -0.05) is 12.1 Å². The monoisotopic (exact) mass is 262 g/mol. The summed E-state index contributed by atoms with van der Waals surface area (Å²) in [4.78, 5) is 14.3. The molecule has 2 N–H and O–H groups in total. The van der Waals surface area contributed by atoms with Crippen molar-refractivity contribution in [2.75, 3.05) is 18.1 Å². The number of aliphatic hydroxyl groups is 1. The molecular weight excluding hydrogens is 240 g/mol. The number of carbonyl (C=O) groups is 1. The lowest BCUT2D eigenvalue weighted by molar-refractivity contribution is -0.122. The fourth-order valence-electron chi connectivity index (χ4n) is 2.60. The number of rotatable bonds is 3. The number of amides is 1. The SMILES string of the molecule is Cc1cccc(N2CC(C)NC(CCO)C2=O)c1C. The highest BCUT2D eigenvalue weighted by Crippen LogP contribution is 2.25. The maximum absolute atomic E-state index is 12.5. The Labute approximate surface area is 114 Å². The van der Waals surface area contributed by atoms with Gasteiger partial charge in [0.1, 0.15) is 0 Å². The van der Waals surface area contributed by atoms with E-state index in [4.69, 9.17) is 5.11 Å². The summed E-state index contributed by atoms with van der Waals surface area (Å²) in [7, 11) is 0. The van der Waals surface area contributed by atoms with Crippen molar-refractivity contribution < 1.29 is 9.90 Å². The van der Waals surface area contributed by atoms with Crippen molar-refractivity contribution in [3.63, 3.8) is 0 Å². The number of piperazine rings is 1. The van der Waals surface area contributed by atoms with E-state index >= 15 is 0 Å². The Kier molecular flexibility index (Phi) is 4.22. The summed E-state index contributed by atoms with van der Waals surface area (Å²) >= 11 is 0. The summed E-state index contributed by atoms with van der Waals surface area (Å²) < 4.78 is 0. The first-order valence-electron chi connectivity index (χ1n) is 6.79. The van der Waals surface area contributed by atoms with Crippen molar-refractivity contribution in [1.29, 1.82) is 0 Å². The average molecular weight is 262 g/mol. The summed E-state index contributed by atoms with van der Waals surface area (Å²) in [6.45, 7) is 6.86. The van der Waals surface area contributed by atoms with Gasteiger partial charge in [-0.05, 0) is 44.4 Å². The summed E-state index contributed by atoms with van der Waals surface area (Å²) in [5.41, 5.74) is 3.32. The lowest BCUT2D eigenvalue weighted by atomic mass is 10.0. The van der Waals surface area contributed by atoms with Gasteiger partial charge in [0.15, 0.2) is 0 Å². The summed E-state index contributed by atoms with van der Waals surface area (Å²) in [5.74, 6) is 0.0563. The largest absolute Gasteiger partial charge is 0.396 e. The third kappa shape index (κ3) is 2.80. The van der Waals surface area contributed by atoms with Crippen molar-refractivity contribution in [2.24, 2.45) is 0 Å². The first kappa shape index (κ1) is 14.0. The summed E-state index contributed by atoms with van der Waals surface area (Å²) in [6, 6.07) is 5.98. The number of aryl methyl sites for hydroxylation is 1. The first-order chi connectivity index (χ1) is 9.04. The minimum absolute atomic E-state index is 0.0246. The molecule has 2 unspecified atom stereocenters. The zero-order chi connectivity index (χ0) is 14.0. The summed E-state index contributed by atoms with van der Waals surface area (Å²) in [6.07, 6.45) is 0.463. The van der Waals surface area contributed by atoms with Gasteiger partial charge in [0.25, 0.3) is 0 Å². The molecule has 4 nitrogen and oxygen atoms in total. The van der Waals surface area contributed by atoms with Crippen LogP contribution in [0.4, 0.5) is 5.69 Å². The van der Waals surface area contributed by atoms with Gasteiger partial charge in [-0.2, -0.15) is 0 Å². The molecule has 4 heteroatoms. The van der Waals surface area contributed by atoms with Crippen molar-refractivity contribution in [3.8, 4) is 0 Å². The van der Waals surface area contributed by atoms with Gasteiger partial charge in [-0.15, -0.1) is 0 Å². The Morgan fingerprint density at radius 2 is 2.16 bits per heavy atom. The Morgan fingerprint density at radius 1 is 1.42 bits per heavy atom. The van der Waals surface area contributed by atoms with E-state index in [0.717, 1.165) is 11.3 Å². The van der Waals surface area contributed by atoms with E-state index in [-0.39, 0.29) is 24.6 Å². The topological polar surface area (TPSA) is 52.6 Å². The molecule has 1 heterocycles. The van der Waals surface area contributed by atoms with Crippen LogP contribution in [0.2, 0.25) is 0 Å². The second-order valence-corrected chi connectivity index (χ2v) is 5.30. The second kappa shape index (κ2) is 5.72. The molecule has 1 amide bonds. The maximum Gasteiger partial charge on any atom is 0.244 e. The van der Waals surface area contributed by atoms with E-state index in [9.17, 15) is 4.79 Å². The van der Waals surface area contributed by atoms with Crippen LogP contribution >= 0.6 is 0 Å². The molecule has 0 aromatic heterocycles. The van der Waals surface area contributed by atoms with Crippen LogP contribution < -0.4 is 10.2 Å². The number of anilines is 1. The Balaban J connectivity index is 2.32. The summed E-state index contributed by atoms with van der Waals surface area (Å²) in [5, 5.41) is 12.3. The molecule has 19 heavy (non-hydrogen) atoms. The van der Waals surface area contributed by atoms with Gasteiger partial charge in [-0.3, -0.25) is 4.79 Å². The number of hydrogen-bond donors (Lipinski definition) is 2. The molecule has 0 saturated carbocycles. The van der Waals surface area contributed by atoms with Crippen molar-refractivity contribution >= 4 is 11.6 Å². The van der Waals surface area contributed by atoms with Crippen LogP contribution in [0.1, 0.15) is 24.5 Å². The van der Waals surface area contributed by atoms with E-state index < -0.39 is 0 Å². The number of carbonyl (C=O) groups excluding carboxylic acids is 1. The van der Waals surface area contributed by atoms with E-state index in [1.807, 2.05) is 24.0 Å². The van der Waals surface area contributed by atoms with Gasteiger partial charge in [0.2, 0.25) is 5.91 Å². The third-order valence-corrected chi connectivity index (χ3v) is 3.79. The standard InChI is InChI=1S/C15H22N2O2/c1-10-5-4-6-14(12(10)3)17-9-11(2)16-13(7-8-18)15(17)19/h4-6,11,13,16,18H,7-9H2,1-3H3. The van der Waals surface area contributed by atoms with Crippen LogP contribution in [0, 0.1) is 13.8 Å². The molecule has 2 atom stereocenters. The number of hydrogen-bond acceptors (Lipinski definition) is 3. The van der Waals surface area contributed by atoms with E-state index in [0.29, 0.717) is 13.0 Å². The van der Waals surface area contributed by atoms with Crippen LogP contribution in [0.5, 0.6) is 0 Å². The molecule has 0 aliphatic carbocycles. The number of benzene rings is 1. The molecule has 0 radical (unpaired) electrons. The van der Waals surface area contributed by atoms with Crippen LogP contribution in [0.15, 0.2) is 18.2 Å². The lowest BCUT2D eigenvalue weighted by Crippen LogP contribution is -2.59. The second-order valence-electron chi connectivity index (χ2n) is 5.30. The minimum Gasteiger partial charge on any atom is -0.396 e. The Morgan fingerprint density at radius 3 is 2.84 bits per heavy atom. The highest BCUT2D eigenvalue weighted by molar-refractivity contribution is 5.98. The van der Waals surface area contributed by atoms with Gasteiger partial charge in [0.05, 0.1) is 6.04 Å². The maximum atomic E-state index is 12.5. The van der Waals surface area contributed by atoms with Crippen molar-refractivity contribution in [3.05, 3.63) is 29.3 Å². The van der Waals surface area contributed by atoms with Gasteiger partial charge >= 0.3 is 0 Å². The van der Waals surface area contributed by atoms with E-state index in [1.54, 1.807) is 0 Å². The van der Waals surface area contributed by atoms with Crippen LogP contribution in [-0.4, -0.2) is 36.2 Å². The molecule has 104 valence electrons. The molecule has 1 fully saturated rings. The van der Waals surface area contributed by atoms with Crippen LogP contribution in [0.25, 0.3) is 0 Å². The molecule has 2 rings (SSSR count). The smallest absolute Gasteiger partial charge is 0.244 e. The molecule has 1 saturated heterocycles. The number of nitrogens with zero attached hydrogens (tertiary/aromatic N) is 1. The molecule has 1 aliphatic heterocycles. The third-order valence-electron chi connectivity index (χ3n) is 3.79. The Hall–Kier alpha value is -1.39. The zero-order valence-electron chi connectivity index (χ0n) is 11.8. The molecule has 0 bridgehead atoms. The fourth-order valence-corrected chi connectivity index (χ4v) is 2.60. The molecule has 0 spiro atoms. The van der Waals surface area contributed by atoms with Gasteiger partial charge < -0.3 is 15.3 Å². The molecule has 1 aromatic rings. The van der Waals surface area contributed by atoms with Gasteiger partial charge in [-0.25, -0.2) is 0 Å². The fraction of sp³-hybridized carbons (Fsp3) is 0.533. The average Bonchev–Trinajstić information content (AvgIpc) is 2.37.